The molecule has 11 heteroatoms. The molecule has 0 radical (unpaired) electrons. The van der Waals surface area contributed by atoms with Gasteiger partial charge in [-0.2, -0.15) is 0 Å². The van der Waals surface area contributed by atoms with Gasteiger partial charge in [0.05, 0.1) is 36.3 Å². The molecule has 7 unspecified atom stereocenters. The minimum atomic E-state index is -1.96. The summed E-state index contributed by atoms with van der Waals surface area (Å²) in [4.78, 5) is 67.1. The highest BCUT2D eigenvalue weighted by atomic mass is 16.6. The van der Waals surface area contributed by atoms with Crippen molar-refractivity contribution in [3.8, 4) is 17.6 Å². The van der Waals surface area contributed by atoms with Crippen molar-refractivity contribution in [3.05, 3.63) is 215 Å². The molecular formula is C56H51N5O6. The fourth-order valence-corrected chi connectivity index (χ4v) is 10.2. The number of morpholine rings is 1. The first kappa shape index (κ1) is 44.4. The van der Waals surface area contributed by atoms with E-state index in [1.54, 1.807) is 30.3 Å². The Bertz CT molecular complexity index is 2850. The molecule has 3 aliphatic rings. The van der Waals surface area contributed by atoms with E-state index in [1.807, 2.05) is 128 Å². The maximum atomic E-state index is 16.4. The molecule has 4 amide bonds. The van der Waals surface area contributed by atoms with E-state index in [0.717, 1.165) is 21.6 Å². The molecule has 0 bridgehead atoms. The van der Waals surface area contributed by atoms with Crippen LogP contribution in [0.2, 0.25) is 0 Å². The molecular weight excluding hydrogens is 839 g/mol. The zero-order valence-electron chi connectivity index (χ0n) is 37.3. The lowest BCUT2D eigenvalue weighted by atomic mass is 9.65. The van der Waals surface area contributed by atoms with Crippen LogP contribution in [0.3, 0.4) is 0 Å². The lowest BCUT2D eigenvalue weighted by molar-refractivity contribution is -0.178. The van der Waals surface area contributed by atoms with Crippen molar-refractivity contribution in [2.75, 3.05) is 25.0 Å². The van der Waals surface area contributed by atoms with E-state index in [2.05, 4.69) is 46.1 Å². The van der Waals surface area contributed by atoms with Gasteiger partial charge in [-0.25, -0.2) is 9.69 Å². The van der Waals surface area contributed by atoms with Crippen LogP contribution in [0.15, 0.2) is 176 Å². The van der Waals surface area contributed by atoms with E-state index >= 15 is 14.4 Å². The summed E-state index contributed by atoms with van der Waals surface area (Å²) in [5.74, 6) is 3.13. The minimum Gasteiger partial charge on any atom is -0.508 e. The number of phenolic OH excluding ortho intramolecular Hbond substituents is 1. The Balaban J connectivity index is 1.28. The normalized spacial score (nSPS) is 22.3. The molecule has 6 aromatic carbocycles. The Hall–Kier alpha value is -7.78. The van der Waals surface area contributed by atoms with Crippen LogP contribution >= 0.6 is 0 Å². The van der Waals surface area contributed by atoms with Crippen LogP contribution in [-0.4, -0.2) is 64.9 Å². The first-order valence-corrected chi connectivity index (χ1v) is 22.4. The maximum absolute atomic E-state index is 16.4. The van der Waals surface area contributed by atoms with Gasteiger partial charge < -0.3 is 20.5 Å². The van der Waals surface area contributed by atoms with Crippen molar-refractivity contribution in [2.45, 2.75) is 49.2 Å². The molecule has 0 aromatic heterocycles. The standard InChI is InChI=1S/C56H51N5O6/c1-4-33-57-52(63)47-49-53(64)67-50(42-25-15-8-16-26-42)48(41-23-13-7-14-24-41)61(49)51(43-28-30-44(62)31-29-43)56(47)45-35-38(20-17-34-59(3)36-39-18-9-5-10-19-39)27-32-46(45)60(54(56)65)55(66)58-37(2)40-21-11-6-12-22-40/h4-16,18-19,21-32,35,37,47-51,62H,1,33-34,36H2,2-3H3,(H,57,63)(H,58,66). The van der Waals surface area contributed by atoms with E-state index in [4.69, 9.17) is 4.74 Å². The number of hydrogen-bond donors (Lipinski definition) is 3. The van der Waals surface area contributed by atoms with Gasteiger partial charge in [-0.3, -0.25) is 24.2 Å². The van der Waals surface area contributed by atoms with Gasteiger partial charge in [-0.15, -0.1) is 6.58 Å². The summed E-state index contributed by atoms with van der Waals surface area (Å²) in [7, 11) is 1.99. The number of nitrogens with zero attached hydrogens (tertiary/aromatic N) is 3. The predicted molar refractivity (Wildman–Crippen MR) is 256 cm³/mol. The molecule has 11 nitrogen and oxygen atoms in total. The van der Waals surface area contributed by atoms with Crippen LogP contribution < -0.4 is 15.5 Å². The van der Waals surface area contributed by atoms with Gasteiger partial charge in [0.1, 0.15) is 23.3 Å². The van der Waals surface area contributed by atoms with Gasteiger partial charge >= 0.3 is 12.0 Å². The Morgan fingerprint density at radius 2 is 1.45 bits per heavy atom. The maximum Gasteiger partial charge on any atom is 0.329 e. The molecule has 3 N–H and O–H groups in total. The van der Waals surface area contributed by atoms with Crippen LogP contribution in [0.25, 0.3) is 0 Å². The molecule has 2 fully saturated rings. The SMILES string of the molecule is C=CCNC(=O)C1C2C(=O)OC(c3ccccc3)C(c3ccccc3)N2C(c2ccc(O)cc2)C12C(=O)N(C(=O)NC(C)c1ccccc1)c1ccc(C#CCN(C)Cc3ccccc3)cc12. The number of anilines is 1. The molecule has 6 aromatic rings. The van der Waals surface area contributed by atoms with Gasteiger partial charge in [0.15, 0.2) is 0 Å². The third-order valence-corrected chi connectivity index (χ3v) is 13.1. The second kappa shape index (κ2) is 19.0. The van der Waals surface area contributed by atoms with Gasteiger partial charge in [0.2, 0.25) is 11.8 Å². The number of nitrogens with one attached hydrogen (secondary N) is 2. The molecule has 3 aliphatic heterocycles. The summed E-state index contributed by atoms with van der Waals surface area (Å²) in [6, 6.07) is 45.8. The number of amides is 4. The zero-order chi connectivity index (χ0) is 46.7. The van der Waals surface area contributed by atoms with Crippen LogP contribution in [-0.2, 0) is 31.1 Å². The Kier molecular flexibility index (Phi) is 12.6. The first-order valence-electron chi connectivity index (χ1n) is 22.4. The average Bonchev–Trinajstić information content (AvgIpc) is 3.81. The lowest BCUT2D eigenvalue weighted by Crippen LogP contribution is -2.56. The number of cyclic esters (lactones) is 1. The van der Waals surface area contributed by atoms with E-state index in [9.17, 15) is 9.90 Å². The van der Waals surface area contributed by atoms with Crippen molar-refractivity contribution in [3.63, 3.8) is 0 Å². The largest absolute Gasteiger partial charge is 0.508 e. The number of carbonyl (C=O) groups excluding carboxylic acids is 4. The summed E-state index contributed by atoms with van der Waals surface area (Å²) in [5, 5.41) is 16.7. The van der Waals surface area contributed by atoms with Gasteiger partial charge in [-0.1, -0.05) is 151 Å². The number of benzene rings is 6. The monoisotopic (exact) mass is 889 g/mol. The number of hydrogen-bond acceptors (Lipinski definition) is 8. The van der Waals surface area contributed by atoms with Gasteiger partial charge in [-0.05, 0) is 77.7 Å². The predicted octanol–water partition coefficient (Wildman–Crippen LogP) is 8.31. The lowest BCUT2D eigenvalue weighted by Gasteiger charge is -2.46. The fraction of sp³-hybridized carbons (Fsp3) is 0.214. The van der Waals surface area contributed by atoms with Gasteiger partial charge in [0, 0.05) is 18.7 Å². The number of fused-ring (bicyclic) bond motifs is 3. The summed E-state index contributed by atoms with van der Waals surface area (Å²) < 4.78 is 6.53. The molecule has 9 rings (SSSR count). The third kappa shape index (κ3) is 8.26. The van der Waals surface area contributed by atoms with Crippen LogP contribution in [0, 0.1) is 17.8 Å². The third-order valence-electron chi connectivity index (χ3n) is 13.1. The second-order valence-corrected chi connectivity index (χ2v) is 17.3. The zero-order valence-corrected chi connectivity index (χ0v) is 37.3. The quantitative estimate of drug-likeness (QED) is 0.0673. The Morgan fingerprint density at radius 1 is 0.821 bits per heavy atom. The minimum absolute atomic E-state index is 0.0173. The molecule has 336 valence electrons. The molecule has 2 saturated heterocycles. The van der Waals surface area contributed by atoms with E-state index in [-0.39, 0.29) is 18.0 Å². The summed E-state index contributed by atoms with van der Waals surface area (Å²) in [5.41, 5.74) is 3.17. The molecule has 0 saturated carbocycles. The highest BCUT2D eigenvalue weighted by Crippen LogP contribution is 2.66. The Morgan fingerprint density at radius 3 is 2.10 bits per heavy atom. The molecule has 7 atom stereocenters. The smallest absolute Gasteiger partial charge is 0.329 e. The van der Waals surface area contributed by atoms with Crippen molar-refractivity contribution in [1.29, 1.82) is 0 Å². The number of urea groups is 1. The van der Waals surface area contributed by atoms with Crippen LogP contribution in [0.4, 0.5) is 10.5 Å². The number of aromatic hydroxyl groups is 1. The summed E-state index contributed by atoms with van der Waals surface area (Å²) in [6.45, 7) is 6.81. The van der Waals surface area contributed by atoms with Crippen molar-refractivity contribution >= 4 is 29.5 Å². The number of rotatable bonds is 11. The van der Waals surface area contributed by atoms with Crippen molar-refractivity contribution < 1.29 is 29.0 Å². The number of esters is 1. The second-order valence-electron chi connectivity index (χ2n) is 17.3. The van der Waals surface area contributed by atoms with E-state index < -0.39 is 65.4 Å². The number of imide groups is 1. The van der Waals surface area contributed by atoms with Gasteiger partial charge in [0.25, 0.3) is 0 Å². The molecule has 1 spiro atoms. The average molecular weight is 890 g/mol. The highest BCUT2D eigenvalue weighted by Gasteiger charge is 2.75. The molecule has 0 aliphatic carbocycles. The summed E-state index contributed by atoms with van der Waals surface area (Å²) >= 11 is 0. The highest BCUT2D eigenvalue weighted by molar-refractivity contribution is 6.24. The number of carbonyl (C=O) groups is 4. The number of phenols is 1. The van der Waals surface area contributed by atoms with Crippen molar-refractivity contribution in [2.24, 2.45) is 5.92 Å². The fourth-order valence-electron chi connectivity index (χ4n) is 10.2. The topological polar surface area (TPSA) is 132 Å². The van der Waals surface area contributed by atoms with Crippen LogP contribution in [0.1, 0.15) is 70.1 Å². The van der Waals surface area contributed by atoms with Crippen molar-refractivity contribution in [1.82, 2.24) is 20.4 Å². The summed E-state index contributed by atoms with van der Waals surface area (Å²) in [6.07, 6.45) is 0.648. The Labute approximate surface area is 390 Å². The first-order chi connectivity index (χ1) is 32.6. The molecule has 67 heavy (non-hydrogen) atoms. The molecule has 3 heterocycles. The van der Waals surface area contributed by atoms with Crippen LogP contribution in [0.5, 0.6) is 5.75 Å². The van der Waals surface area contributed by atoms with E-state index in [1.165, 1.54) is 18.2 Å². The van der Waals surface area contributed by atoms with E-state index in [0.29, 0.717) is 35.3 Å². The number of ether oxygens (including phenoxy) is 1.